The second kappa shape index (κ2) is 14.6. The number of hydrogen-bond donors (Lipinski definition) is 0. The fourth-order valence-electron chi connectivity index (χ4n) is 4.67. The topological polar surface area (TPSA) is 55.4 Å². The van der Waals surface area contributed by atoms with Crippen LogP contribution in [0.1, 0.15) is 16.7 Å². The first-order valence-corrected chi connectivity index (χ1v) is 13.8. The van der Waals surface area contributed by atoms with Gasteiger partial charge in [-0.15, -0.1) is 0 Å². The van der Waals surface area contributed by atoms with Crippen LogP contribution in [-0.4, -0.2) is 38.3 Å². The van der Waals surface area contributed by atoms with Crippen LogP contribution in [-0.2, 0) is 38.8 Å². The van der Waals surface area contributed by atoms with Crippen molar-refractivity contribution in [2.75, 3.05) is 13.7 Å². The second-order valence-electron chi connectivity index (χ2n) is 9.85. The quantitative estimate of drug-likeness (QED) is 0.171. The molecule has 0 bridgehead atoms. The molecule has 4 atom stereocenters. The van der Waals surface area contributed by atoms with Crippen LogP contribution in [0, 0.1) is 0 Å². The van der Waals surface area contributed by atoms with Crippen LogP contribution >= 0.6 is 0 Å². The Hall–Kier alpha value is -3.94. The number of hydrogen-bond acceptors (Lipinski definition) is 6. The molecule has 0 aliphatic carbocycles. The molecule has 0 aromatic heterocycles. The molecule has 0 spiro atoms. The molecule has 1 aliphatic heterocycles. The first-order chi connectivity index (χ1) is 20.2. The highest BCUT2D eigenvalue weighted by Crippen LogP contribution is 2.33. The molecule has 41 heavy (non-hydrogen) atoms. The van der Waals surface area contributed by atoms with Gasteiger partial charge >= 0.3 is 0 Å². The van der Waals surface area contributed by atoms with Gasteiger partial charge in [-0.2, -0.15) is 0 Å². The largest absolute Gasteiger partial charge is 0.497 e. The summed E-state index contributed by atoms with van der Waals surface area (Å²) in [5, 5.41) is 0. The Morgan fingerprint density at radius 3 is 1.71 bits per heavy atom. The van der Waals surface area contributed by atoms with Gasteiger partial charge in [0.1, 0.15) is 29.8 Å². The van der Waals surface area contributed by atoms with Gasteiger partial charge in [-0.1, -0.05) is 97.6 Å². The summed E-state index contributed by atoms with van der Waals surface area (Å²) < 4.78 is 37.3. The van der Waals surface area contributed by atoms with Gasteiger partial charge in [-0.3, -0.25) is 0 Å². The molecule has 212 valence electrons. The summed E-state index contributed by atoms with van der Waals surface area (Å²) in [6.45, 7) is 5.89. The van der Waals surface area contributed by atoms with Crippen LogP contribution in [0.25, 0.3) is 0 Å². The molecule has 0 radical (unpaired) electrons. The monoisotopic (exact) mass is 552 g/mol. The maximum absolute atomic E-state index is 6.52. The van der Waals surface area contributed by atoms with Crippen molar-refractivity contribution in [2.45, 2.75) is 44.4 Å². The highest BCUT2D eigenvalue weighted by molar-refractivity contribution is 5.32. The molecular weight excluding hydrogens is 516 g/mol. The Labute approximate surface area is 242 Å². The van der Waals surface area contributed by atoms with E-state index in [1.54, 1.807) is 7.11 Å². The zero-order chi connectivity index (χ0) is 28.3. The zero-order valence-electron chi connectivity index (χ0n) is 23.3. The van der Waals surface area contributed by atoms with Crippen molar-refractivity contribution >= 4 is 0 Å². The Balaban J connectivity index is 1.37. The summed E-state index contributed by atoms with van der Waals surface area (Å²) in [7, 11) is 1.63. The molecule has 1 heterocycles. The van der Waals surface area contributed by atoms with Crippen LogP contribution in [0.3, 0.4) is 0 Å². The fourth-order valence-corrected chi connectivity index (χ4v) is 4.67. The van der Waals surface area contributed by atoms with Crippen molar-refractivity contribution in [1.82, 2.24) is 0 Å². The molecule has 6 heteroatoms. The smallest absolute Gasteiger partial charge is 0.225 e. The number of rotatable bonds is 13. The van der Waals surface area contributed by atoms with E-state index >= 15 is 0 Å². The predicted octanol–water partition coefficient (Wildman–Crippen LogP) is 6.74. The minimum Gasteiger partial charge on any atom is -0.497 e. The molecule has 1 aliphatic rings. The van der Waals surface area contributed by atoms with E-state index in [0.717, 1.165) is 22.4 Å². The number of benzene rings is 4. The minimum atomic E-state index is -0.758. The molecule has 4 aromatic rings. The number of ether oxygens (including phenoxy) is 6. The number of methoxy groups -OCH3 is 1. The van der Waals surface area contributed by atoms with Crippen molar-refractivity contribution in [3.63, 3.8) is 0 Å². The van der Waals surface area contributed by atoms with Crippen LogP contribution in [0.5, 0.6) is 11.5 Å². The van der Waals surface area contributed by atoms with Gasteiger partial charge in [0.05, 0.1) is 33.5 Å². The Morgan fingerprint density at radius 1 is 0.634 bits per heavy atom. The normalized spacial score (nSPS) is 20.5. The lowest BCUT2D eigenvalue weighted by molar-refractivity contribution is -0.229. The second-order valence-corrected chi connectivity index (χ2v) is 9.85. The van der Waals surface area contributed by atoms with Gasteiger partial charge in [0.25, 0.3) is 0 Å². The van der Waals surface area contributed by atoms with Crippen molar-refractivity contribution in [3.8, 4) is 11.5 Å². The van der Waals surface area contributed by atoms with Gasteiger partial charge in [0, 0.05) is 5.57 Å². The summed E-state index contributed by atoms with van der Waals surface area (Å²) in [4.78, 5) is 0. The SMILES string of the molecule is C=C1C(Oc2ccc(OC)cc2)O[C@H](COCc2ccccc2)[C@H](OCc2ccccc2)[C@@H]1OCc1ccccc1. The Kier molecular flexibility index (Phi) is 10.2. The fraction of sp³-hybridized carbons (Fsp3) is 0.257. The zero-order valence-corrected chi connectivity index (χ0v) is 23.3. The Bertz CT molecular complexity index is 1330. The Morgan fingerprint density at radius 2 is 1.15 bits per heavy atom. The van der Waals surface area contributed by atoms with E-state index in [4.69, 9.17) is 28.4 Å². The van der Waals surface area contributed by atoms with E-state index in [1.807, 2.05) is 115 Å². The third kappa shape index (κ3) is 8.06. The molecular formula is C35H36O6. The molecule has 1 saturated heterocycles. The molecule has 0 amide bonds. The van der Waals surface area contributed by atoms with Gasteiger partial charge in [-0.05, 0) is 41.0 Å². The third-order valence-corrected chi connectivity index (χ3v) is 6.89. The van der Waals surface area contributed by atoms with Crippen LogP contribution in [0.15, 0.2) is 127 Å². The summed E-state index contributed by atoms with van der Waals surface area (Å²) in [6.07, 6.45) is -2.21. The van der Waals surface area contributed by atoms with Crippen molar-refractivity contribution < 1.29 is 28.4 Å². The maximum Gasteiger partial charge on any atom is 0.225 e. The first kappa shape index (κ1) is 28.6. The lowest BCUT2D eigenvalue weighted by Gasteiger charge is -2.42. The molecule has 0 saturated carbocycles. The highest BCUT2D eigenvalue weighted by atomic mass is 16.7. The van der Waals surface area contributed by atoms with Gasteiger partial charge in [-0.25, -0.2) is 0 Å². The average molecular weight is 553 g/mol. The van der Waals surface area contributed by atoms with E-state index in [0.29, 0.717) is 31.1 Å². The molecule has 6 nitrogen and oxygen atoms in total. The summed E-state index contributed by atoms with van der Waals surface area (Å²) in [5.74, 6) is 1.37. The molecule has 5 rings (SSSR count). The third-order valence-electron chi connectivity index (χ3n) is 6.89. The predicted molar refractivity (Wildman–Crippen MR) is 158 cm³/mol. The van der Waals surface area contributed by atoms with E-state index in [-0.39, 0.29) is 6.61 Å². The lowest BCUT2D eigenvalue weighted by atomic mass is 9.96. The van der Waals surface area contributed by atoms with E-state index in [2.05, 4.69) is 6.58 Å². The van der Waals surface area contributed by atoms with Gasteiger partial charge < -0.3 is 28.4 Å². The van der Waals surface area contributed by atoms with Crippen LogP contribution < -0.4 is 9.47 Å². The van der Waals surface area contributed by atoms with Crippen LogP contribution in [0.2, 0.25) is 0 Å². The molecule has 1 fully saturated rings. The van der Waals surface area contributed by atoms with E-state index in [9.17, 15) is 0 Å². The summed E-state index contributed by atoms with van der Waals surface area (Å²) in [6, 6.07) is 37.5. The van der Waals surface area contributed by atoms with Crippen molar-refractivity contribution in [1.29, 1.82) is 0 Å². The summed E-state index contributed by atoms with van der Waals surface area (Å²) >= 11 is 0. The van der Waals surface area contributed by atoms with Crippen molar-refractivity contribution in [3.05, 3.63) is 144 Å². The minimum absolute atomic E-state index is 0.287. The highest BCUT2D eigenvalue weighted by Gasteiger charge is 2.44. The molecule has 4 aromatic carbocycles. The summed E-state index contributed by atoms with van der Waals surface area (Å²) in [5.41, 5.74) is 3.84. The van der Waals surface area contributed by atoms with E-state index < -0.39 is 24.6 Å². The van der Waals surface area contributed by atoms with Crippen LogP contribution in [0.4, 0.5) is 0 Å². The van der Waals surface area contributed by atoms with Crippen molar-refractivity contribution in [2.24, 2.45) is 0 Å². The molecule has 0 N–H and O–H groups in total. The maximum atomic E-state index is 6.52. The standard InChI is InChI=1S/C35H36O6/c1-26-33(38-23-28-14-8-4-9-15-28)34(39-24-29-16-10-5-11-17-29)32(25-37-22-27-12-6-3-7-13-27)41-35(26)40-31-20-18-30(36-2)19-21-31/h3-21,32-35H,1,22-25H2,2H3/t32-,33-,34+,35?/m1/s1. The first-order valence-electron chi connectivity index (χ1n) is 13.8. The van der Waals surface area contributed by atoms with Gasteiger partial charge in [0.2, 0.25) is 6.29 Å². The van der Waals surface area contributed by atoms with Gasteiger partial charge in [0.15, 0.2) is 0 Å². The molecule has 1 unspecified atom stereocenters. The lowest BCUT2D eigenvalue weighted by Crippen LogP contribution is -2.55. The van der Waals surface area contributed by atoms with E-state index in [1.165, 1.54) is 0 Å². The average Bonchev–Trinajstić information content (AvgIpc) is 3.03.